The van der Waals surface area contributed by atoms with Gasteiger partial charge >= 0.3 is 5.97 Å². The normalized spacial score (nSPS) is 18.9. The number of nitrogens with zero attached hydrogens (tertiary/aromatic N) is 3. The number of nitriles is 1. The van der Waals surface area contributed by atoms with E-state index in [4.69, 9.17) is 10.5 Å². The first-order chi connectivity index (χ1) is 13.4. The molecule has 0 radical (unpaired) electrons. The Hall–Kier alpha value is -2.86. The number of esters is 1. The van der Waals surface area contributed by atoms with Crippen LogP contribution in [0.5, 0.6) is 0 Å². The van der Waals surface area contributed by atoms with Crippen LogP contribution in [0.15, 0.2) is 28.9 Å². The van der Waals surface area contributed by atoms with Gasteiger partial charge in [-0.1, -0.05) is 12.8 Å². The molecule has 1 heterocycles. The first-order valence-electron chi connectivity index (χ1n) is 8.88. The molecule has 146 valence electrons. The fourth-order valence-corrected chi connectivity index (χ4v) is 3.83. The van der Waals surface area contributed by atoms with Gasteiger partial charge in [-0.2, -0.15) is 10.4 Å². The average Bonchev–Trinajstić information content (AvgIpc) is 3.12. The van der Waals surface area contributed by atoms with Gasteiger partial charge in [0.15, 0.2) is 5.82 Å². The quantitative estimate of drug-likeness (QED) is 0.678. The van der Waals surface area contributed by atoms with Crippen LogP contribution in [0.2, 0.25) is 0 Å². The number of aromatic nitrogens is 2. The molecular formula is C19H20BrN5O3. The topological polar surface area (TPSA) is 123 Å². The SMILES string of the molecule is COC(=O)c1cc(Nc2nn(C3CCCC[C@@H]3C#N)cc2C(N)=O)ccc1Br. The van der Waals surface area contributed by atoms with Gasteiger partial charge in [-0.05, 0) is 47.0 Å². The highest BCUT2D eigenvalue weighted by molar-refractivity contribution is 9.10. The predicted octanol–water partition coefficient (Wildman–Crippen LogP) is 3.53. The van der Waals surface area contributed by atoms with Crippen LogP contribution in [-0.2, 0) is 4.74 Å². The second kappa shape index (κ2) is 8.44. The monoisotopic (exact) mass is 445 g/mol. The molecule has 1 unspecified atom stereocenters. The third-order valence-corrected chi connectivity index (χ3v) is 5.56. The van der Waals surface area contributed by atoms with E-state index in [0.29, 0.717) is 15.7 Å². The third kappa shape index (κ3) is 4.02. The minimum Gasteiger partial charge on any atom is -0.465 e. The summed E-state index contributed by atoms with van der Waals surface area (Å²) in [7, 11) is 1.30. The molecule has 28 heavy (non-hydrogen) atoms. The van der Waals surface area contributed by atoms with Crippen LogP contribution in [0.1, 0.15) is 52.4 Å². The summed E-state index contributed by atoms with van der Waals surface area (Å²) in [5.41, 5.74) is 6.64. The number of carbonyl (C=O) groups excluding carboxylic acids is 2. The molecule has 0 bridgehead atoms. The maximum Gasteiger partial charge on any atom is 0.339 e. The molecule has 1 amide bonds. The molecule has 2 aromatic rings. The summed E-state index contributed by atoms with van der Waals surface area (Å²) in [6.45, 7) is 0. The summed E-state index contributed by atoms with van der Waals surface area (Å²) in [6.07, 6.45) is 5.24. The maximum absolute atomic E-state index is 11.9. The van der Waals surface area contributed by atoms with Crippen LogP contribution in [-0.4, -0.2) is 28.8 Å². The number of hydrogen-bond donors (Lipinski definition) is 2. The van der Waals surface area contributed by atoms with Crippen molar-refractivity contribution >= 4 is 39.3 Å². The minimum atomic E-state index is -0.622. The van der Waals surface area contributed by atoms with Gasteiger partial charge in [-0.15, -0.1) is 0 Å². The van der Waals surface area contributed by atoms with Crippen molar-refractivity contribution in [1.29, 1.82) is 5.26 Å². The lowest BCUT2D eigenvalue weighted by atomic mass is 9.85. The Morgan fingerprint density at radius 3 is 2.79 bits per heavy atom. The highest BCUT2D eigenvalue weighted by Gasteiger charge is 2.29. The fraction of sp³-hybridized carbons (Fsp3) is 0.368. The molecule has 1 fully saturated rings. The molecule has 1 aliphatic carbocycles. The number of hydrogen-bond acceptors (Lipinski definition) is 6. The summed E-state index contributed by atoms with van der Waals surface area (Å²) >= 11 is 3.31. The van der Waals surface area contributed by atoms with E-state index in [2.05, 4.69) is 32.4 Å². The number of nitrogens with one attached hydrogen (secondary N) is 1. The molecule has 1 aromatic carbocycles. The van der Waals surface area contributed by atoms with Gasteiger partial charge in [0.05, 0.1) is 30.7 Å². The Bertz CT molecular complexity index is 950. The highest BCUT2D eigenvalue weighted by Crippen LogP contribution is 2.34. The number of carbonyl (C=O) groups is 2. The minimum absolute atomic E-state index is 0.0945. The number of primary amides is 1. The Kier molecular flexibility index (Phi) is 5.99. The fourth-order valence-electron chi connectivity index (χ4n) is 3.42. The van der Waals surface area contributed by atoms with Crippen LogP contribution < -0.4 is 11.1 Å². The van der Waals surface area contributed by atoms with E-state index in [-0.39, 0.29) is 23.3 Å². The molecule has 0 aliphatic heterocycles. The van der Waals surface area contributed by atoms with E-state index < -0.39 is 11.9 Å². The second-order valence-corrected chi connectivity index (χ2v) is 7.49. The van der Waals surface area contributed by atoms with Crippen molar-refractivity contribution in [2.75, 3.05) is 12.4 Å². The molecule has 1 aromatic heterocycles. The Morgan fingerprint density at radius 2 is 2.11 bits per heavy atom. The number of amides is 1. The first kappa shape index (κ1) is 19.9. The molecule has 1 saturated carbocycles. The number of rotatable bonds is 5. The van der Waals surface area contributed by atoms with Crippen molar-refractivity contribution in [3.8, 4) is 6.07 Å². The van der Waals surface area contributed by atoms with Crippen molar-refractivity contribution in [1.82, 2.24) is 9.78 Å². The standard InChI is InChI=1S/C19H20BrN5O3/c1-28-19(27)13-8-12(6-7-15(13)20)23-18-14(17(22)26)10-25(24-18)16-5-3-2-4-11(16)9-21/h6-8,10-11,16H,2-5H2,1H3,(H2,22,26)(H,23,24)/t11-,16?/m1/s1. The van der Waals surface area contributed by atoms with E-state index >= 15 is 0 Å². The molecular weight excluding hydrogens is 426 g/mol. The summed E-state index contributed by atoms with van der Waals surface area (Å²) in [6, 6.07) is 7.27. The van der Waals surface area contributed by atoms with E-state index in [1.54, 1.807) is 29.1 Å². The number of nitrogens with two attached hydrogens (primary N) is 1. The summed E-state index contributed by atoms with van der Waals surface area (Å²) in [5, 5.41) is 17.0. The summed E-state index contributed by atoms with van der Waals surface area (Å²) in [4.78, 5) is 23.8. The van der Waals surface area contributed by atoms with Gasteiger partial charge in [0, 0.05) is 16.4 Å². The van der Waals surface area contributed by atoms with Crippen LogP contribution in [0.4, 0.5) is 11.5 Å². The van der Waals surface area contributed by atoms with Gasteiger partial charge in [-0.25, -0.2) is 4.79 Å². The second-order valence-electron chi connectivity index (χ2n) is 6.63. The number of benzene rings is 1. The van der Waals surface area contributed by atoms with Gasteiger partial charge in [0.25, 0.3) is 5.91 Å². The largest absolute Gasteiger partial charge is 0.465 e. The van der Waals surface area contributed by atoms with Crippen molar-refractivity contribution in [3.05, 3.63) is 40.0 Å². The van der Waals surface area contributed by atoms with Crippen molar-refractivity contribution in [3.63, 3.8) is 0 Å². The van der Waals surface area contributed by atoms with E-state index in [0.717, 1.165) is 25.7 Å². The van der Waals surface area contributed by atoms with Crippen LogP contribution >= 0.6 is 15.9 Å². The lowest BCUT2D eigenvalue weighted by molar-refractivity contribution is 0.0599. The number of anilines is 2. The maximum atomic E-state index is 11.9. The molecule has 0 spiro atoms. The smallest absolute Gasteiger partial charge is 0.339 e. The zero-order chi connectivity index (χ0) is 20.3. The van der Waals surface area contributed by atoms with E-state index in [9.17, 15) is 14.9 Å². The Morgan fingerprint density at radius 1 is 1.36 bits per heavy atom. The van der Waals surface area contributed by atoms with Crippen LogP contribution in [0, 0.1) is 17.2 Å². The molecule has 1 aliphatic rings. The molecule has 3 rings (SSSR count). The lowest BCUT2D eigenvalue weighted by Crippen LogP contribution is -2.22. The Balaban J connectivity index is 1.94. The zero-order valence-electron chi connectivity index (χ0n) is 15.3. The molecule has 9 heteroatoms. The molecule has 8 nitrogen and oxygen atoms in total. The number of halogens is 1. The van der Waals surface area contributed by atoms with Crippen molar-refractivity contribution < 1.29 is 14.3 Å². The highest BCUT2D eigenvalue weighted by atomic mass is 79.9. The van der Waals surface area contributed by atoms with E-state index in [1.807, 2.05) is 0 Å². The van der Waals surface area contributed by atoms with Crippen molar-refractivity contribution in [2.24, 2.45) is 11.7 Å². The van der Waals surface area contributed by atoms with Gasteiger partial charge in [0.2, 0.25) is 0 Å². The predicted molar refractivity (Wildman–Crippen MR) is 106 cm³/mol. The third-order valence-electron chi connectivity index (χ3n) is 4.87. The lowest BCUT2D eigenvalue weighted by Gasteiger charge is -2.26. The van der Waals surface area contributed by atoms with Gasteiger partial charge in [-0.3, -0.25) is 9.48 Å². The molecule has 0 saturated heterocycles. The summed E-state index contributed by atoms with van der Waals surface area (Å²) < 4.78 is 7.02. The zero-order valence-corrected chi connectivity index (χ0v) is 16.9. The van der Waals surface area contributed by atoms with Gasteiger partial charge in [0.1, 0.15) is 5.56 Å². The Labute approximate surface area is 170 Å². The van der Waals surface area contributed by atoms with Gasteiger partial charge < -0.3 is 15.8 Å². The van der Waals surface area contributed by atoms with E-state index in [1.165, 1.54) is 7.11 Å². The van der Waals surface area contributed by atoms with Crippen LogP contribution in [0.3, 0.4) is 0 Å². The first-order valence-corrected chi connectivity index (χ1v) is 9.67. The number of ether oxygens (including phenoxy) is 1. The number of methoxy groups -OCH3 is 1. The average molecular weight is 446 g/mol. The molecule has 3 N–H and O–H groups in total. The van der Waals surface area contributed by atoms with Crippen LogP contribution in [0.25, 0.3) is 0 Å². The molecule has 2 atom stereocenters. The summed E-state index contributed by atoms with van der Waals surface area (Å²) in [5.74, 6) is -0.979. The van der Waals surface area contributed by atoms with Crippen molar-refractivity contribution in [2.45, 2.75) is 31.7 Å².